The number of halogens is 4. The maximum Gasteiger partial charge on any atom is 0.416 e. The number of carbonyl (C=O) groups excluding carboxylic acids is 1. The van der Waals surface area contributed by atoms with Gasteiger partial charge in [-0.2, -0.15) is 13.2 Å². The van der Waals surface area contributed by atoms with E-state index in [-0.39, 0.29) is 11.5 Å². The molecular formula is C24H23F4N5O. The van der Waals surface area contributed by atoms with Gasteiger partial charge in [-0.1, -0.05) is 0 Å². The fourth-order valence-electron chi connectivity index (χ4n) is 4.16. The van der Waals surface area contributed by atoms with E-state index in [4.69, 9.17) is 0 Å². The number of hydrogen-bond acceptors (Lipinski definition) is 5. The molecule has 0 bridgehead atoms. The molecule has 0 N–H and O–H groups in total. The first kappa shape index (κ1) is 23.7. The predicted octanol–water partition coefficient (Wildman–Crippen LogP) is 4.02. The van der Waals surface area contributed by atoms with Crippen molar-refractivity contribution in [2.24, 2.45) is 0 Å². The van der Waals surface area contributed by atoms with Gasteiger partial charge in [-0.05, 0) is 62.0 Å². The lowest BCUT2D eigenvalue weighted by molar-refractivity contribution is -0.137. The molecule has 4 rings (SSSR count). The zero-order valence-corrected chi connectivity index (χ0v) is 18.9. The smallest absolute Gasteiger partial charge is 0.341 e. The molecule has 0 spiro atoms. The summed E-state index contributed by atoms with van der Waals surface area (Å²) >= 11 is 0. The van der Waals surface area contributed by atoms with Crippen molar-refractivity contribution >= 4 is 5.91 Å². The molecule has 1 aliphatic heterocycles. The average Bonchev–Trinajstić information content (AvgIpc) is 2.78. The van der Waals surface area contributed by atoms with Gasteiger partial charge in [0.25, 0.3) is 5.91 Å². The Morgan fingerprint density at radius 1 is 1.12 bits per heavy atom. The van der Waals surface area contributed by atoms with Crippen LogP contribution in [-0.4, -0.2) is 64.9 Å². The average molecular weight is 473 g/mol. The van der Waals surface area contributed by atoms with Crippen LogP contribution in [0, 0.1) is 5.82 Å². The van der Waals surface area contributed by atoms with Crippen molar-refractivity contribution in [2.45, 2.75) is 18.5 Å². The standard InChI is InChI=1S/C24H23F4N5O/c1-32(2)12-19(14-8-15(24(26,27)28)10-16(25)9-14)20-11-21(31-13-30-20)22-17-5-7-33(3)23(34)18(17)4-6-29-22/h4,6,8-11,13,19H,5,7,12H2,1-3H3/t19-/m0/s1. The van der Waals surface area contributed by atoms with Crippen molar-refractivity contribution in [3.8, 4) is 11.4 Å². The SMILES string of the molecule is CN(C)C[C@@H](c1cc(F)cc(C(F)(F)F)c1)c1cc(-c2nccc3c2CCN(C)C3=O)ncn1. The van der Waals surface area contributed by atoms with Crippen molar-refractivity contribution in [3.05, 3.63) is 76.6 Å². The van der Waals surface area contributed by atoms with Gasteiger partial charge in [0.2, 0.25) is 0 Å². The number of carbonyl (C=O) groups is 1. The van der Waals surface area contributed by atoms with Gasteiger partial charge in [-0.15, -0.1) is 0 Å². The van der Waals surface area contributed by atoms with Crippen LogP contribution in [0.15, 0.2) is 42.9 Å². The first-order valence-electron chi connectivity index (χ1n) is 10.6. The summed E-state index contributed by atoms with van der Waals surface area (Å²) in [6.07, 6.45) is -1.23. The third-order valence-electron chi connectivity index (χ3n) is 5.82. The maximum atomic E-state index is 14.2. The van der Waals surface area contributed by atoms with E-state index in [1.165, 1.54) is 12.5 Å². The zero-order valence-electron chi connectivity index (χ0n) is 18.9. The lowest BCUT2D eigenvalue weighted by Gasteiger charge is -2.26. The number of alkyl halides is 3. The van der Waals surface area contributed by atoms with Crippen molar-refractivity contribution in [3.63, 3.8) is 0 Å². The minimum atomic E-state index is -4.68. The second-order valence-corrected chi connectivity index (χ2v) is 8.58. The van der Waals surface area contributed by atoms with Gasteiger partial charge in [0.05, 0.1) is 22.6 Å². The molecular weight excluding hydrogens is 450 g/mol. The Hall–Kier alpha value is -3.40. The minimum Gasteiger partial charge on any atom is -0.341 e. The van der Waals surface area contributed by atoms with E-state index in [1.807, 2.05) is 0 Å². The number of amides is 1. The molecule has 1 aromatic carbocycles. The molecule has 3 heterocycles. The van der Waals surface area contributed by atoms with Crippen LogP contribution in [0.2, 0.25) is 0 Å². The van der Waals surface area contributed by atoms with Gasteiger partial charge in [0.1, 0.15) is 12.1 Å². The van der Waals surface area contributed by atoms with Crippen molar-refractivity contribution < 1.29 is 22.4 Å². The number of benzene rings is 1. The van der Waals surface area contributed by atoms with Crippen molar-refractivity contribution in [1.82, 2.24) is 24.8 Å². The quantitative estimate of drug-likeness (QED) is 0.524. The van der Waals surface area contributed by atoms with Gasteiger partial charge in [0.15, 0.2) is 0 Å². The molecule has 0 unspecified atom stereocenters. The highest BCUT2D eigenvalue weighted by molar-refractivity contribution is 5.98. The second-order valence-electron chi connectivity index (χ2n) is 8.58. The normalized spacial score (nSPS) is 14.9. The molecule has 0 fully saturated rings. The fourth-order valence-corrected chi connectivity index (χ4v) is 4.16. The first-order valence-corrected chi connectivity index (χ1v) is 10.6. The molecule has 1 aliphatic rings. The third-order valence-corrected chi connectivity index (χ3v) is 5.82. The van der Waals surface area contributed by atoms with E-state index in [9.17, 15) is 22.4 Å². The number of hydrogen-bond donors (Lipinski definition) is 0. The second kappa shape index (κ2) is 9.09. The Kier molecular flexibility index (Phi) is 6.35. The molecule has 1 amide bonds. The van der Waals surface area contributed by atoms with Crippen LogP contribution in [0.4, 0.5) is 17.6 Å². The fraction of sp³-hybridized carbons (Fsp3) is 0.333. The van der Waals surface area contributed by atoms with Crippen molar-refractivity contribution in [1.29, 1.82) is 0 Å². The van der Waals surface area contributed by atoms with Gasteiger partial charge in [-0.3, -0.25) is 9.78 Å². The van der Waals surface area contributed by atoms with Crippen LogP contribution in [0.5, 0.6) is 0 Å². The Labute approximate surface area is 194 Å². The van der Waals surface area contributed by atoms with Gasteiger partial charge < -0.3 is 9.80 Å². The predicted molar refractivity (Wildman–Crippen MR) is 118 cm³/mol. The van der Waals surface area contributed by atoms with Crippen LogP contribution in [0.3, 0.4) is 0 Å². The highest BCUT2D eigenvalue weighted by Crippen LogP contribution is 2.35. The number of rotatable bonds is 5. The van der Waals surface area contributed by atoms with E-state index >= 15 is 0 Å². The van der Waals surface area contributed by atoms with Gasteiger partial charge in [0, 0.05) is 37.8 Å². The van der Waals surface area contributed by atoms with Gasteiger partial charge >= 0.3 is 6.18 Å². The summed E-state index contributed by atoms with van der Waals surface area (Å²) < 4.78 is 54.2. The summed E-state index contributed by atoms with van der Waals surface area (Å²) in [5.41, 5.74) is 1.83. The Bertz CT molecular complexity index is 1230. The third kappa shape index (κ3) is 4.77. The van der Waals surface area contributed by atoms with Crippen molar-refractivity contribution in [2.75, 3.05) is 34.2 Å². The molecule has 1 atom stereocenters. The summed E-state index contributed by atoms with van der Waals surface area (Å²) in [6, 6.07) is 5.85. The van der Waals surface area contributed by atoms with E-state index in [0.717, 1.165) is 17.7 Å². The van der Waals surface area contributed by atoms with E-state index in [2.05, 4.69) is 15.0 Å². The Balaban J connectivity index is 1.81. The highest BCUT2D eigenvalue weighted by atomic mass is 19.4. The van der Waals surface area contributed by atoms with E-state index < -0.39 is 23.5 Å². The number of likely N-dealkylation sites (N-methyl/N-ethyl adjacent to an activating group) is 2. The molecule has 34 heavy (non-hydrogen) atoms. The molecule has 10 heteroatoms. The lowest BCUT2D eigenvalue weighted by atomic mass is 9.91. The molecule has 6 nitrogen and oxygen atoms in total. The van der Waals surface area contributed by atoms with Crippen LogP contribution in [0.25, 0.3) is 11.4 Å². The van der Waals surface area contributed by atoms with Crippen LogP contribution in [-0.2, 0) is 12.6 Å². The molecule has 0 saturated heterocycles. The van der Waals surface area contributed by atoms with Gasteiger partial charge in [-0.25, -0.2) is 14.4 Å². The summed E-state index contributed by atoms with van der Waals surface area (Å²) in [6.45, 7) is 0.829. The molecule has 0 aliphatic carbocycles. The van der Waals surface area contributed by atoms with E-state index in [0.29, 0.717) is 48.2 Å². The zero-order chi connectivity index (χ0) is 24.6. The minimum absolute atomic E-state index is 0.107. The molecule has 178 valence electrons. The summed E-state index contributed by atoms with van der Waals surface area (Å²) in [7, 11) is 5.28. The van der Waals surface area contributed by atoms with Crippen LogP contribution >= 0.6 is 0 Å². The van der Waals surface area contributed by atoms with Crippen LogP contribution in [0.1, 0.15) is 38.7 Å². The number of pyridine rings is 1. The number of nitrogens with zero attached hydrogens (tertiary/aromatic N) is 5. The monoisotopic (exact) mass is 473 g/mol. The number of fused-ring (bicyclic) bond motifs is 1. The largest absolute Gasteiger partial charge is 0.416 e. The Morgan fingerprint density at radius 2 is 1.88 bits per heavy atom. The first-order chi connectivity index (χ1) is 16.0. The summed E-state index contributed by atoms with van der Waals surface area (Å²) in [4.78, 5) is 29.1. The molecule has 2 aromatic heterocycles. The summed E-state index contributed by atoms with van der Waals surface area (Å²) in [5, 5.41) is 0. The maximum absolute atomic E-state index is 14.2. The highest BCUT2D eigenvalue weighted by Gasteiger charge is 2.33. The summed E-state index contributed by atoms with van der Waals surface area (Å²) in [5.74, 6) is -1.73. The van der Waals surface area contributed by atoms with Crippen LogP contribution < -0.4 is 0 Å². The van der Waals surface area contributed by atoms with E-state index in [1.54, 1.807) is 43.1 Å². The lowest BCUT2D eigenvalue weighted by Crippen LogP contribution is -2.34. The molecule has 0 radical (unpaired) electrons. The topological polar surface area (TPSA) is 62.2 Å². The number of aromatic nitrogens is 3. The Morgan fingerprint density at radius 3 is 2.59 bits per heavy atom. The molecule has 3 aromatic rings. The molecule has 0 saturated carbocycles.